The number of halogens is 1. The highest BCUT2D eigenvalue weighted by Crippen LogP contribution is 2.18. The van der Waals surface area contributed by atoms with Crippen LogP contribution in [0, 0.1) is 0 Å². The van der Waals surface area contributed by atoms with Gasteiger partial charge in [-0.05, 0) is 38.3 Å². The van der Waals surface area contributed by atoms with Crippen LogP contribution < -0.4 is 5.32 Å². The summed E-state index contributed by atoms with van der Waals surface area (Å²) in [5.74, 6) is 0.518. The summed E-state index contributed by atoms with van der Waals surface area (Å²) in [5.41, 5.74) is 2.49. The first-order chi connectivity index (χ1) is 10.7. The molecule has 0 aromatic heterocycles. The van der Waals surface area contributed by atoms with Crippen molar-refractivity contribution in [3.05, 3.63) is 48.2 Å². The number of nitrogens with one attached hydrogen (secondary N) is 1. The summed E-state index contributed by atoms with van der Waals surface area (Å²) in [6.45, 7) is 8.35. The van der Waals surface area contributed by atoms with Gasteiger partial charge in [0.1, 0.15) is 0 Å². The molecule has 0 saturated carbocycles. The van der Waals surface area contributed by atoms with Crippen molar-refractivity contribution in [2.24, 2.45) is 0 Å². The zero-order valence-corrected chi connectivity index (χ0v) is 14.9. The van der Waals surface area contributed by atoms with E-state index in [4.69, 9.17) is 11.6 Å². The maximum absolute atomic E-state index is 6.01. The number of hydrogen-bond acceptors (Lipinski definition) is 2. The Kier molecular flexibility index (Phi) is 10.0. The lowest BCUT2D eigenvalue weighted by Crippen LogP contribution is -2.38. The number of alkyl halides is 1. The van der Waals surface area contributed by atoms with Crippen molar-refractivity contribution in [3.8, 4) is 0 Å². The molecule has 1 N–H and O–H groups in total. The summed E-state index contributed by atoms with van der Waals surface area (Å²) in [4.78, 5) is 2.39. The van der Waals surface area contributed by atoms with Crippen LogP contribution in [0.2, 0.25) is 0 Å². The lowest BCUT2D eigenvalue weighted by atomic mass is 10.0. The van der Waals surface area contributed by atoms with E-state index >= 15 is 0 Å². The van der Waals surface area contributed by atoms with Crippen molar-refractivity contribution >= 4 is 11.6 Å². The number of unbranched alkanes of at least 4 members (excludes halogenated alkanes) is 1. The molecule has 1 aromatic rings. The van der Waals surface area contributed by atoms with Gasteiger partial charge in [0, 0.05) is 24.8 Å². The largest absolute Gasteiger partial charge is 0.370 e. The van der Waals surface area contributed by atoms with Crippen LogP contribution in [-0.2, 0) is 6.42 Å². The van der Waals surface area contributed by atoms with Crippen molar-refractivity contribution in [3.63, 3.8) is 0 Å². The van der Waals surface area contributed by atoms with Crippen molar-refractivity contribution in [2.75, 3.05) is 26.0 Å². The molecule has 1 unspecified atom stereocenters. The minimum atomic E-state index is 0.518. The molecule has 1 aromatic carbocycles. The Morgan fingerprint density at radius 1 is 1.27 bits per heavy atom. The van der Waals surface area contributed by atoms with Gasteiger partial charge in [-0.1, -0.05) is 50.3 Å². The van der Waals surface area contributed by atoms with E-state index in [1.165, 1.54) is 31.2 Å². The number of allylic oxidation sites excluding steroid dienone is 1. The van der Waals surface area contributed by atoms with Gasteiger partial charge in [0.25, 0.3) is 0 Å². The van der Waals surface area contributed by atoms with E-state index in [9.17, 15) is 0 Å². The Morgan fingerprint density at radius 3 is 2.59 bits per heavy atom. The minimum Gasteiger partial charge on any atom is -0.370 e. The van der Waals surface area contributed by atoms with E-state index in [1.54, 1.807) is 0 Å². The molecule has 0 radical (unpaired) electrons. The topological polar surface area (TPSA) is 15.3 Å². The summed E-state index contributed by atoms with van der Waals surface area (Å²) in [6, 6.07) is 11.3. The maximum Gasteiger partial charge on any atom is 0.0617 e. The van der Waals surface area contributed by atoms with Crippen molar-refractivity contribution in [1.82, 2.24) is 10.2 Å². The van der Waals surface area contributed by atoms with Crippen molar-refractivity contribution in [2.45, 2.75) is 45.1 Å². The van der Waals surface area contributed by atoms with Gasteiger partial charge in [-0.25, -0.2) is 0 Å². The molecule has 1 atom stereocenters. The predicted molar refractivity (Wildman–Crippen MR) is 98.6 cm³/mol. The average Bonchev–Trinajstić information content (AvgIpc) is 2.57. The van der Waals surface area contributed by atoms with Gasteiger partial charge >= 0.3 is 0 Å². The SMILES string of the molecule is C=C(CCl)N(CCNC)C(CC)CCCCc1ccccc1. The summed E-state index contributed by atoms with van der Waals surface area (Å²) in [6.07, 6.45) is 6.02. The van der Waals surface area contributed by atoms with Crippen LogP contribution in [0.15, 0.2) is 42.6 Å². The average molecular weight is 323 g/mol. The highest BCUT2D eigenvalue weighted by molar-refractivity contribution is 6.19. The number of benzene rings is 1. The number of hydrogen-bond donors (Lipinski definition) is 1. The highest BCUT2D eigenvalue weighted by atomic mass is 35.5. The fourth-order valence-corrected chi connectivity index (χ4v) is 3.00. The smallest absolute Gasteiger partial charge is 0.0617 e. The van der Waals surface area contributed by atoms with E-state index in [0.29, 0.717) is 11.9 Å². The first-order valence-electron chi connectivity index (χ1n) is 8.41. The number of rotatable bonds is 12. The molecule has 0 amide bonds. The van der Waals surface area contributed by atoms with Crippen LogP contribution in [0.3, 0.4) is 0 Å². The van der Waals surface area contributed by atoms with Crippen LogP contribution >= 0.6 is 11.6 Å². The summed E-state index contributed by atoms with van der Waals surface area (Å²) >= 11 is 6.01. The fourth-order valence-electron chi connectivity index (χ4n) is 2.84. The molecular formula is C19H31ClN2. The first kappa shape index (κ1) is 19.1. The zero-order chi connectivity index (χ0) is 16.2. The second-order valence-corrected chi connectivity index (χ2v) is 6.06. The zero-order valence-electron chi connectivity index (χ0n) is 14.2. The summed E-state index contributed by atoms with van der Waals surface area (Å²) in [7, 11) is 1.99. The third kappa shape index (κ3) is 6.85. The molecule has 1 rings (SSSR count). The third-order valence-corrected chi connectivity index (χ3v) is 4.48. The second kappa shape index (κ2) is 11.6. The first-order valence-corrected chi connectivity index (χ1v) is 8.95. The standard InChI is InChI=1S/C19H31ClN2/c1-4-19(22(15-14-21-3)17(2)16-20)13-9-8-12-18-10-6-5-7-11-18/h5-7,10-11,19,21H,2,4,8-9,12-16H2,1,3H3. The van der Waals surface area contributed by atoms with Crippen molar-refractivity contribution < 1.29 is 0 Å². The molecule has 0 saturated heterocycles. The van der Waals surface area contributed by atoms with Crippen LogP contribution in [0.4, 0.5) is 0 Å². The van der Waals surface area contributed by atoms with Crippen molar-refractivity contribution in [1.29, 1.82) is 0 Å². The normalized spacial score (nSPS) is 12.1. The molecule has 2 nitrogen and oxygen atoms in total. The predicted octanol–water partition coefficient (Wildman–Crippen LogP) is 4.45. The van der Waals surface area contributed by atoms with Gasteiger partial charge in [0.05, 0.1) is 5.88 Å². The molecule has 0 aliphatic heterocycles. The van der Waals surface area contributed by atoms with E-state index in [0.717, 1.165) is 25.2 Å². The Balaban J connectivity index is 2.42. The maximum atomic E-state index is 6.01. The van der Waals surface area contributed by atoms with Gasteiger partial charge in [-0.15, -0.1) is 11.6 Å². The number of aryl methyl sites for hydroxylation is 1. The third-order valence-electron chi connectivity index (χ3n) is 4.17. The molecule has 0 spiro atoms. The van der Waals surface area contributed by atoms with Gasteiger partial charge in [0.2, 0.25) is 0 Å². The Morgan fingerprint density at radius 2 is 2.00 bits per heavy atom. The molecule has 0 aliphatic rings. The minimum absolute atomic E-state index is 0.518. The quantitative estimate of drug-likeness (QED) is 0.452. The molecule has 0 fully saturated rings. The molecule has 22 heavy (non-hydrogen) atoms. The molecule has 3 heteroatoms. The van der Waals surface area contributed by atoms with Gasteiger partial charge in [-0.2, -0.15) is 0 Å². The highest BCUT2D eigenvalue weighted by Gasteiger charge is 2.17. The van der Waals surface area contributed by atoms with E-state index in [1.807, 2.05) is 7.05 Å². The van der Waals surface area contributed by atoms with E-state index in [-0.39, 0.29) is 0 Å². The van der Waals surface area contributed by atoms with Gasteiger partial charge < -0.3 is 10.2 Å². The molecule has 0 aliphatic carbocycles. The fraction of sp³-hybridized carbons (Fsp3) is 0.579. The Hall–Kier alpha value is -0.990. The number of nitrogens with zero attached hydrogens (tertiary/aromatic N) is 1. The molecule has 124 valence electrons. The van der Waals surface area contributed by atoms with Crippen LogP contribution in [0.1, 0.15) is 38.2 Å². The summed E-state index contributed by atoms with van der Waals surface area (Å²) in [5, 5.41) is 3.22. The van der Waals surface area contributed by atoms with Crippen LogP contribution in [0.25, 0.3) is 0 Å². The monoisotopic (exact) mass is 322 g/mol. The van der Waals surface area contributed by atoms with E-state index in [2.05, 4.69) is 54.1 Å². The lowest BCUT2D eigenvalue weighted by Gasteiger charge is -2.34. The Labute approximate surface area is 141 Å². The van der Waals surface area contributed by atoms with E-state index < -0.39 is 0 Å². The van der Waals surface area contributed by atoms with Crippen LogP contribution in [0.5, 0.6) is 0 Å². The lowest BCUT2D eigenvalue weighted by molar-refractivity contribution is 0.232. The summed E-state index contributed by atoms with van der Waals surface area (Å²) < 4.78 is 0. The second-order valence-electron chi connectivity index (χ2n) is 5.79. The molecule has 0 heterocycles. The Bertz CT molecular complexity index is 405. The van der Waals surface area contributed by atoms with Gasteiger partial charge in [-0.3, -0.25) is 0 Å². The molecular weight excluding hydrogens is 292 g/mol. The van der Waals surface area contributed by atoms with Gasteiger partial charge in [0.15, 0.2) is 0 Å². The van der Waals surface area contributed by atoms with Crippen LogP contribution in [-0.4, -0.2) is 37.0 Å². The number of likely N-dealkylation sites (N-methyl/N-ethyl adjacent to an activating group) is 1. The molecule has 0 bridgehead atoms.